The SMILES string of the molecule is O=C1CCC(c2ccc(N3CCC(CN4CC[C@@H](NS(=O)(=O)c5ccc(Nc6ncc7c(n6)N([C@@H]6CCC[C@@H](O)C6)C(=O)C76CC6)c(F)c5)[C@@H](F)C4)CC3)cc2F)C(=O)N1. The summed E-state index contributed by atoms with van der Waals surface area (Å²) in [7, 11) is -4.28. The summed E-state index contributed by atoms with van der Waals surface area (Å²) in [6.45, 7) is 2.51. The van der Waals surface area contributed by atoms with E-state index in [1.807, 2.05) is 4.90 Å². The highest BCUT2D eigenvalue weighted by molar-refractivity contribution is 7.89. The fourth-order valence-corrected chi connectivity index (χ4v) is 11.2. The Bertz CT molecular complexity index is 2310. The van der Waals surface area contributed by atoms with Crippen molar-refractivity contribution in [3.8, 4) is 0 Å². The molecule has 320 valence electrons. The minimum atomic E-state index is -4.28. The first-order valence-corrected chi connectivity index (χ1v) is 22.5. The number of piperidine rings is 3. The van der Waals surface area contributed by atoms with Gasteiger partial charge in [-0.25, -0.2) is 31.3 Å². The molecule has 1 spiro atoms. The van der Waals surface area contributed by atoms with Crippen LogP contribution in [0.15, 0.2) is 47.5 Å². The van der Waals surface area contributed by atoms with Crippen LogP contribution in [0.1, 0.15) is 87.7 Å². The lowest BCUT2D eigenvalue weighted by atomic mass is 9.89. The molecule has 6 aliphatic rings. The van der Waals surface area contributed by atoms with Crippen molar-refractivity contribution in [1.29, 1.82) is 0 Å². The second kappa shape index (κ2) is 16.0. The van der Waals surface area contributed by atoms with Gasteiger partial charge >= 0.3 is 0 Å². The van der Waals surface area contributed by atoms with Crippen LogP contribution < -0.4 is 25.2 Å². The molecule has 2 aromatic carbocycles. The third-order valence-corrected chi connectivity index (χ3v) is 14.9. The van der Waals surface area contributed by atoms with Crippen molar-refractivity contribution in [2.75, 3.05) is 47.8 Å². The number of sulfonamides is 1. The van der Waals surface area contributed by atoms with Crippen molar-refractivity contribution in [2.45, 2.75) is 111 Å². The lowest BCUT2D eigenvalue weighted by Gasteiger charge is -2.39. The van der Waals surface area contributed by atoms with E-state index >= 15 is 13.2 Å². The number of amides is 3. The van der Waals surface area contributed by atoms with Crippen molar-refractivity contribution in [2.24, 2.45) is 5.92 Å². The predicted octanol–water partition coefficient (Wildman–Crippen LogP) is 4.31. The number of alkyl halides is 1. The van der Waals surface area contributed by atoms with Crippen LogP contribution in [0.4, 0.5) is 36.3 Å². The molecule has 0 bridgehead atoms. The zero-order chi connectivity index (χ0) is 41.9. The van der Waals surface area contributed by atoms with Crippen molar-refractivity contribution in [1.82, 2.24) is 24.9 Å². The standard InChI is InChI=1S/C42H49F3N8O6S/c43-32-19-25(4-6-29(32)30-7-9-37(55)48-39(30)56)52-16-10-24(11-17-52)22-51-15-12-36(34(45)23-51)50-60(58,59)28-5-8-35(33(44)20-28)47-41-46-21-31-38(49-41)53(40(57)42(31)13-14-42)26-2-1-3-27(54)18-26/h4-6,8,19-21,24,26-27,30,34,36,50,54H,1-3,7,9-18,22-23H2,(H,46,47,49)(H,48,55,56)/t26-,27-,30?,34+,36-/m1/s1. The van der Waals surface area contributed by atoms with Gasteiger partial charge in [0.1, 0.15) is 23.6 Å². The summed E-state index contributed by atoms with van der Waals surface area (Å²) in [4.78, 5) is 51.7. The van der Waals surface area contributed by atoms with Gasteiger partial charge in [0.05, 0.1) is 34.1 Å². The van der Waals surface area contributed by atoms with Crippen molar-refractivity contribution >= 4 is 50.9 Å². The maximum Gasteiger partial charge on any atom is 0.241 e. The Morgan fingerprint density at radius 2 is 1.75 bits per heavy atom. The monoisotopic (exact) mass is 850 g/mol. The van der Waals surface area contributed by atoms with Gasteiger partial charge in [-0.15, -0.1) is 0 Å². The molecule has 5 atom stereocenters. The number of hydrogen-bond donors (Lipinski definition) is 4. The molecule has 5 fully saturated rings. The fraction of sp³-hybridized carbons (Fsp3) is 0.548. The molecule has 3 amide bonds. The van der Waals surface area contributed by atoms with Crippen molar-refractivity contribution in [3.05, 3.63) is 65.4 Å². The number of anilines is 4. The van der Waals surface area contributed by atoms with Gasteiger partial charge in [0.15, 0.2) is 0 Å². The van der Waals surface area contributed by atoms with E-state index in [0.29, 0.717) is 63.4 Å². The Labute approximate surface area is 346 Å². The molecular formula is C42H49F3N8O6S. The zero-order valence-corrected chi connectivity index (χ0v) is 33.9. The average Bonchev–Trinajstić information content (AvgIpc) is 3.98. The highest BCUT2D eigenvalue weighted by Crippen LogP contribution is 2.57. The molecule has 3 aromatic rings. The highest BCUT2D eigenvalue weighted by atomic mass is 32.2. The number of aliphatic hydroxyl groups is 1. The topological polar surface area (TPSA) is 177 Å². The number of benzene rings is 2. The molecular weight excluding hydrogens is 802 g/mol. The molecule has 0 radical (unpaired) electrons. The number of carbonyl (C=O) groups is 3. The third kappa shape index (κ3) is 7.86. The van der Waals surface area contributed by atoms with Crippen LogP contribution in [0.25, 0.3) is 0 Å². The van der Waals surface area contributed by atoms with Crippen LogP contribution in [-0.2, 0) is 29.8 Å². The van der Waals surface area contributed by atoms with E-state index in [2.05, 4.69) is 30.2 Å². The number of carbonyl (C=O) groups excluding carboxylic acids is 3. The molecule has 5 heterocycles. The van der Waals surface area contributed by atoms with Gasteiger partial charge in [-0.1, -0.05) is 6.07 Å². The Kier molecular flexibility index (Phi) is 10.9. The first-order chi connectivity index (χ1) is 28.8. The predicted molar refractivity (Wildman–Crippen MR) is 215 cm³/mol. The Hall–Kier alpha value is -4.65. The lowest BCUT2D eigenvalue weighted by Crippen LogP contribution is -2.53. The number of rotatable bonds is 10. The Morgan fingerprint density at radius 1 is 0.950 bits per heavy atom. The zero-order valence-electron chi connectivity index (χ0n) is 33.1. The molecule has 1 aromatic heterocycles. The molecule has 60 heavy (non-hydrogen) atoms. The minimum absolute atomic E-state index is 0.0383. The van der Waals surface area contributed by atoms with Gasteiger partial charge in [-0.2, -0.15) is 4.98 Å². The van der Waals surface area contributed by atoms with Crippen LogP contribution in [0.3, 0.4) is 0 Å². The molecule has 3 saturated heterocycles. The number of imide groups is 1. The third-order valence-electron chi connectivity index (χ3n) is 13.4. The number of aliphatic hydroxyl groups excluding tert-OH is 1. The van der Waals surface area contributed by atoms with Gasteiger partial charge in [-0.3, -0.25) is 24.6 Å². The van der Waals surface area contributed by atoms with E-state index in [1.165, 1.54) is 18.2 Å². The molecule has 4 N–H and O–H groups in total. The molecule has 1 unspecified atom stereocenters. The summed E-state index contributed by atoms with van der Waals surface area (Å²) in [5, 5.41) is 15.4. The van der Waals surface area contributed by atoms with Crippen LogP contribution in [0, 0.1) is 17.6 Å². The maximum atomic E-state index is 15.6. The Balaban J connectivity index is 0.770. The minimum Gasteiger partial charge on any atom is -0.393 e. The van der Waals surface area contributed by atoms with Crippen molar-refractivity contribution in [3.63, 3.8) is 0 Å². The van der Waals surface area contributed by atoms with Crippen LogP contribution >= 0.6 is 0 Å². The van der Waals surface area contributed by atoms with E-state index in [0.717, 1.165) is 37.3 Å². The number of likely N-dealkylation sites (tertiary alicyclic amines) is 1. The number of nitrogens with zero attached hydrogens (tertiary/aromatic N) is 5. The highest BCUT2D eigenvalue weighted by Gasteiger charge is 2.61. The second-order valence-corrected chi connectivity index (χ2v) is 19.1. The fourth-order valence-electron chi connectivity index (χ4n) is 9.86. The summed E-state index contributed by atoms with van der Waals surface area (Å²) in [6.07, 6.45) is 5.96. The quantitative estimate of drug-likeness (QED) is 0.214. The molecule has 18 heteroatoms. The van der Waals surface area contributed by atoms with Crippen LogP contribution in [-0.4, -0.2) is 103 Å². The second-order valence-electron chi connectivity index (χ2n) is 17.4. The van der Waals surface area contributed by atoms with Gasteiger partial charge in [0.25, 0.3) is 0 Å². The number of aromatic nitrogens is 2. The summed E-state index contributed by atoms with van der Waals surface area (Å²) >= 11 is 0. The Morgan fingerprint density at radius 3 is 2.45 bits per heavy atom. The van der Waals surface area contributed by atoms with E-state index in [9.17, 15) is 27.9 Å². The maximum absolute atomic E-state index is 15.6. The smallest absolute Gasteiger partial charge is 0.241 e. The number of hydrogen-bond acceptors (Lipinski definition) is 11. The molecule has 2 saturated carbocycles. The van der Waals surface area contributed by atoms with E-state index in [1.54, 1.807) is 23.2 Å². The van der Waals surface area contributed by atoms with Gasteiger partial charge in [0, 0.05) is 61.7 Å². The molecule has 4 aliphatic heterocycles. The summed E-state index contributed by atoms with van der Waals surface area (Å²) in [5.74, 6) is -2.15. The molecule has 14 nitrogen and oxygen atoms in total. The number of nitrogens with one attached hydrogen (secondary N) is 3. The van der Waals surface area contributed by atoms with Crippen LogP contribution in [0.2, 0.25) is 0 Å². The largest absolute Gasteiger partial charge is 0.393 e. The normalized spacial score (nSPS) is 27.3. The van der Waals surface area contributed by atoms with Gasteiger partial charge in [-0.05, 0) is 107 Å². The lowest BCUT2D eigenvalue weighted by molar-refractivity contribution is -0.134. The van der Waals surface area contributed by atoms with Gasteiger partial charge < -0.3 is 20.2 Å². The average molecular weight is 851 g/mol. The van der Waals surface area contributed by atoms with E-state index < -0.39 is 57.2 Å². The molecule has 2 aliphatic carbocycles. The summed E-state index contributed by atoms with van der Waals surface area (Å²) in [5.41, 5.74) is 1.02. The number of halogens is 3. The van der Waals surface area contributed by atoms with Crippen molar-refractivity contribution < 1.29 is 41.1 Å². The van der Waals surface area contributed by atoms with Gasteiger partial charge in [0.2, 0.25) is 33.7 Å². The van der Waals surface area contributed by atoms with Crippen LogP contribution in [0.5, 0.6) is 0 Å². The summed E-state index contributed by atoms with van der Waals surface area (Å²) < 4.78 is 75.4. The van der Waals surface area contributed by atoms with E-state index in [4.69, 9.17) is 0 Å². The summed E-state index contributed by atoms with van der Waals surface area (Å²) in [6, 6.07) is 7.04. The first-order valence-electron chi connectivity index (χ1n) is 21.0. The first kappa shape index (κ1) is 40.7. The molecule has 9 rings (SSSR count). The number of fused-ring (bicyclic) bond motifs is 2. The van der Waals surface area contributed by atoms with E-state index in [-0.39, 0.29) is 71.7 Å².